The van der Waals surface area contributed by atoms with Crippen LogP contribution in [0.5, 0.6) is 0 Å². The Morgan fingerprint density at radius 3 is 3.06 bits per heavy atom. The highest BCUT2D eigenvalue weighted by Gasteiger charge is 2.10. The molecule has 1 amide bonds. The molecular formula is C13H18N2OS. The Bertz CT molecular complexity index is 387. The molecule has 1 fully saturated rings. The molecule has 1 heterocycles. The van der Waals surface area contributed by atoms with Crippen LogP contribution >= 0.6 is 11.8 Å². The van der Waals surface area contributed by atoms with Crippen molar-refractivity contribution in [2.75, 3.05) is 24.6 Å². The summed E-state index contributed by atoms with van der Waals surface area (Å²) in [6, 6.07) is 7.64. The molecule has 0 spiro atoms. The van der Waals surface area contributed by atoms with Crippen LogP contribution in [0.1, 0.15) is 22.3 Å². The van der Waals surface area contributed by atoms with E-state index in [2.05, 4.69) is 11.0 Å². The van der Waals surface area contributed by atoms with Gasteiger partial charge in [0, 0.05) is 24.4 Å². The molecule has 0 radical (unpaired) electrons. The van der Waals surface area contributed by atoms with Gasteiger partial charge in [0.1, 0.15) is 0 Å². The molecule has 1 saturated heterocycles. The fraction of sp³-hybridized carbons (Fsp3) is 0.462. The largest absolute Gasteiger partial charge is 0.366 e. The van der Waals surface area contributed by atoms with E-state index in [9.17, 15) is 4.79 Å². The minimum absolute atomic E-state index is 0.349. The van der Waals surface area contributed by atoms with Crippen LogP contribution < -0.4 is 5.73 Å². The molecule has 0 saturated carbocycles. The first kappa shape index (κ1) is 12.5. The van der Waals surface area contributed by atoms with E-state index >= 15 is 0 Å². The van der Waals surface area contributed by atoms with Gasteiger partial charge in [0.05, 0.1) is 0 Å². The van der Waals surface area contributed by atoms with Crippen molar-refractivity contribution in [2.24, 2.45) is 5.73 Å². The topological polar surface area (TPSA) is 46.3 Å². The SMILES string of the molecule is NC(=O)c1cccc(CN2CCCSCC2)c1. The van der Waals surface area contributed by atoms with Gasteiger partial charge in [-0.1, -0.05) is 12.1 Å². The summed E-state index contributed by atoms with van der Waals surface area (Å²) in [6.45, 7) is 3.20. The molecular weight excluding hydrogens is 232 g/mol. The average Bonchev–Trinajstić information content (AvgIpc) is 2.58. The van der Waals surface area contributed by atoms with E-state index in [1.165, 1.54) is 23.5 Å². The minimum atomic E-state index is -0.349. The number of nitrogens with zero attached hydrogens (tertiary/aromatic N) is 1. The number of amides is 1. The number of hydrogen-bond donors (Lipinski definition) is 1. The molecule has 0 aliphatic carbocycles. The summed E-state index contributed by atoms with van der Waals surface area (Å²) in [4.78, 5) is 13.6. The first-order chi connectivity index (χ1) is 8.25. The summed E-state index contributed by atoms with van der Waals surface area (Å²) < 4.78 is 0. The van der Waals surface area contributed by atoms with E-state index in [0.29, 0.717) is 5.56 Å². The van der Waals surface area contributed by atoms with Crippen molar-refractivity contribution >= 4 is 17.7 Å². The van der Waals surface area contributed by atoms with Gasteiger partial charge in [-0.3, -0.25) is 9.69 Å². The lowest BCUT2D eigenvalue weighted by Gasteiger charge is -2.19. The zero-order chi connectivity index (χ0) is 12.1. The van der Waals surface area contributed by atoms with Crippen LogP contribution in [0.4, 0.5) is 0 Å². The average molecular weight is 250 g/mol. The summed E-state index contributed by atoms with van der Waals surface area (Å²) >= 11 is 2.02. The van der Waals surface area contributed by atoms with Crippen molar-refractivity contribution in [3.05, 3.63) is 35.4 Å². The van der Waals surface area contributed by atoms with Crippen molar-refractivity contribution in [1.82, 2.24) is 4.90 Å². The van der Waals surface area contributed by atoms with Gasteiger partial charge in [0.2, 0.25) is 5.91 Å². The van der Waals surface area contributed by atoms with Gasteiger partial charge in [0.25, 0.3) is 0 Å². The maximum atomic E-state index is 11.1. The molecule has 1 aliphatic rings. The molecule has 4 heteroatoms. The highest BCUT2D eigenvalue weighted by molar-refractivity contribution is 7.99. The van der Waals surface area contributed by atoms with Gasteiger partial charge in [-0.25, -0.2) is 0 Å². The van der Waals surface area contributed by atoms with Crippen LogP contribution in [0.2, 0.25) is 0 Å². The van der Waals surface area contributed by atoms with Gasteiger partial charge < -0.3 is 5.73 Å². The van der Waals surface area contributed by atoms with Gasteiger partial charge in [-0.15, -0.1) is 0 Å². The highest BCUT2D eigenvalue weighted by Crippen LogP contribution is 2.14. The quantitative estimate of drug-likeness (QED) is 0.888. The summed E-state index contributed by atoms with van der Waals surface area (Å²) in [6.07, 6.45) is 1.25. The third-order valence-electron chi connectivity index (χ3n) is 2.93. The molecule has 17 heavy (non-hydrogen) atoms. The number of carbonyl (C=O) groups excluding carboxylic acids is 1. The van der Waals surface area contributed by atoms with Crippen LogP contribution in [0.25, 0.3) is 0 Å². The van der Waals surface area contributed by atoms with Crippen molar-refractivity contribution in [3.63, 3.8) is 0 Å². The zero-order valence-electron chi connectivity index (χ0n) is 9.89. The number of nitrogens with two attached hydrogens (primary N) is 1. The van der Waals surface area contributed by atoms with E-state index in [4.69, 9.17) is 5.73 Å². The molecule has 0 unspecified atom stereocenters. The number of benzene rings is 1. The van der Waals surface area contributed by atoms with Gasteiger partial charge in [-0.05, 0) is 36.4 Å². The summed E-state index contributed by atoms with van der Waals surface area (Å²) in [5.74, 6) is 2.12. The minimum Gasteiger partial charge on any atom is -0.366 e. The molecule has 1 aromatic carbocycles. The van der Waals surface area contributed by atoms with Crippen molar-refractivity contribution in [2.45, 2.75) is 13.0 Å². The van der Waals surface area contributed by atoms with E-state index in [-0.39, 0.29) is 5.91 Å². The maximum Gasteiger partial charge on any atom is 0.248 e. The Balaban J connectivity index is 2.01. The summed E-state index contributed by atoms with van der Waals surface area (Å²) in [7, 11) is 0. The standard InChI is InChI=1S/C13H18N2OS/c14-13(16)12-4-1-3-11(9-12)10-15-5-2-7-17-8-6-15/h1,3-4,9H,2,5-8,10H2,(H2,14,16). The molecule has 1 aromatic rings. The summed E-state index contributed by atoms with van der Waals surface area (Å²) in [5, 5.41) is 0. The normalized spacial score (nSPS) is 17.6. The summed E-state index contributed by atoms with van der Waals surface area (Å²) in [5.41, 5.74) is 7.06. The molecule has 92 valence electrons. The third-order valence-corrected chi connectivity index (χ3v) is 3.98. The second kappa shape index (κ2) is 6.07. The lowest BCUT2D eigenvalue weighted by molar-refractivity contribution is 0.1000. The lowest BCUT2D eigenvalue weighted by Crippen LogP contribution is -2.25. The molecule has 1 aliphatic heterocycles. The Labute approximate surface area is 106 Å². The van der Waals surface area contributed by atoms with Crippen LogP contribution in [0, 0.1) is 0 Å². The van der Waals surface area contributed by atoms with Crippen molar-refractivity contribution < 1.29 is 4.79 Å². The number of rotatable bonds is 3. The van der Waals surface area contributed by atoms with Crippen LogP contribution in [-0.4, -0.2) is 35.4 Å². The Morgan fingerprint density at radius 2 is 2.24 bits per heavy atom. The van der Waals surface area contributed by atoms with Gasteiger partial charge >= 0.3 is 0 Å². The monoisotopic (exact) mass is 250 g/mol. The Hall–Kier alpha value is -1.00. The predicted octanol–water partition coefficient (Wildman–Crippen LogP) is 1.72. The Morgan fingerprint density at radius 1 is 1.35 bits per heavy atom. The zero-order valence-corrected chi connectivity index (χ0v) is 10.7. The van der Waals surface area contributed by atoms with E-state index in [1.54, 1.807) is 6.07 Å². The molecule has 0 atom stereocenters. The van der Waals surface area contributed by atoms with E-state index in [1.807, 2.05) is 23.9 Å². The molecule has 0 bridgehead atoms. The third kappa shape index (κ3) is 3.75. The lowest BCUT2D eigenvalue weighted by atomic mass is 10.1. The molecule has 0 aromatic heterocycles. The van der Waals surface area contributed by atoms with Crippen molar-refractivity contribution in [3.8, 4) is 0 Å². The number of thioether (sulfide) groups is 1. The highest BCUT2D eigenvalue weighted by atomic mass is 32.2. The van der Waals surface area contributed by atoms with Crippen LogP contribution in [-0.2, 0) is 6.54 Å². The van der Waals surface area contributed by atoms with E-state index in [0.717, 1.165) is 19.6 Å². The fourth-order valence-electron chi connectivity index (χ4n) is 2.04. The number of hydrogen-bond acceptors (Lipinski definition) is 3. The molecule has 2 rings (SSSR count). The van der Waals surface area contributed by atoms with Crippen LogP contribution in [0.15, 0.2) is 24.3 Å². The second-order valence-corrected chi connectivity index (χ2v) is 5.53. The number of primary amides is 1. The maximum absolute atomic E-state index is 11.1. The first-order valence-corrected chi connectivity index (χ1v) is 7.10. The Kier molecular flexibility index (Phi) is 4.45. The number of carbonyl (C=O) groups is 1. The molecule has 2 N–H and O–H groups in total. The van der Waals surface area contributed by atoms with Gasteiger partial charge in [0.15, 0.2) is 0 Å². The smallest absolute Gasteiger partial charge is 0.248 e. The second-order valence-electron chi connectivity index (χ2n) is 4.31. The molecule has 3 nitrogen and oxygen atoms in total. The van der Waals surface area contributed by atoms with Crippen molar-refractivity contribution in [1.29, 1.82) is 0 Å². The van der Waals surface area contributed by atoms with Gasteiger partial charge in [-0.2, -0.15) is 11.8 Å². The fourth-order valence-corrected chi connectivity index (χ4v) is 2.96. The van der Waals surface area contributed by atoms with Crippen LogP contribution in [0.3, 0.4) is 0 Å². The van der Waals surface area contributed by atoms with E-state index < -0.39 is 0 Å². The predicted molar refractivity (Wildman–Crippen MR) is 72.2 cm³/mol. The first-order valence-electron chi connectivity index (χ1n) is 5.94.